The average Bonchev–Trinajstić information content (AvgIpc) is 3.83. The summed E-state index contributed by atoms with van der Waals surface area (Å²) in [5.74, 6) is -3.68. The molecule has 0 spiro atoms. The van der Waals surface area contributed by atoms with Gasteiger partial charge in [0.2, 0.25) is 23.6 Å². The van der Waals surface area contributed by atoms with Crippen LogP contribution in [0.5, 0.6) is 5.75 Å². The second-order valence-corrected chi connectivity index (χ2v) is 17.4. The van der Waals surface area contributed by atoms with E-state index < -0.39 is 35.0 Å². The van der Waals surface area contributed by atoms with Crippen LogP contribution in [0.25, 0.3) is 20.7 Å². The summed E-state index contributed by atoms with van der Waals surface area (Å²) in [5.41, 5.74) is 5.11. The molecule has 0 radical (unpaired) electrons. The van der Waals surface area contributed by atoms with Gasteiger partial charge in [0.15, 0.2) is 0 Å². The maximum atomic E-state index is 15.2. The number of aromatic hydroxyl groups is 1. The van der Waals surface area contributed by atoms with Crippen molar-refractivity contribution in [3.63, 3.8) is 0 Å². The van der Waals surface area contributed by atoms with Gasteiger partial charge in [-0.3, -0.25) is 28.8 Å². The molecule has 9 rings (SSSR count). The molecule has 55 heavy (non-hydrogen) atoms. The van der Waals surface area contributed by atoms with Gasteiger partial charge in [0.05, 0.1) is 33.7 Å². The summed E-state index contributed by atoms with van der Waals surface area (Å²) in [6, 6.07) is 18.9. The molecule has 9 nitrogen and oxygen atoms in total. The lowest BCUT2D eigenvalue weighted by atomic mass is 9.51. The Morgan fingerprint density at radius 3 is 2.31 bits per heavy atom. The highest BCUT2D eigenvalue weighted by Gasteiger charge is 2.68. The Kier molecular flexibility index (Phi) is 8.08. The van der Waals surface area contributed by atoms with Crippen LogP contribution in [0, 0.1) is 49.9 Å². The van der Waals surface area contributed by atoms with E-state index in [1.165, 1.54) is 9.80 Å². The fourth-order valence-corrected chi connectivity index (χ4v) is 11.4. The highest BCUT2D eigenvalue weighted by atomic mass is 35.5. The number of nitrogens with zero attached hydrogens (tertiary/aromatic N) is 4. The number of amides is 4. The summed E-state index contributed by atoms with van der Waals surface area (Å²) in [7, 11) is 1.74. The molecule has 1 N–H and O–H groups in total. The van der Waals surface area contributed by atoms with Crippen LogP contribution >= 0.6 is 22.9 Å². The number of hydrogen-bond donors (Lipinski definition) is 1. The van der Waals surface area contributed by atoms with Crippen LogP contribution < -0.4 is 9.80 Å². The first kappa shape index (κ1) is 35.6. The first-order valence-electron chi connectivity index (χ1n) is 18.8. The third-order valence-electron chi connectivity index (χ3n) is 12.9. The lowest BCUT2D eigenvalue weighted by Gasteiger charge is -2.49. The van der Waals surface area contributed by atoms with Crippen LogP contribution in [0.2, 0.25) is 5.02 Å². The molecular weight excluding hydrogens is 732 g/mol. The largest absolute Gasteiger partial charge is 0.507 e. The summed E-state index contributed by atoms with van der Waals surface area (Å²) < 4.78 is 2.65. The van der Waals surface area contributed by atoms with Crippen molar-refractivity contribution in [1.82, 2.24) is 9.78 Å². The predicted octanol–water partition coefficient (Wildman–Crippen LogP) is 8.58. The number of carbonyl (C=O) groups excluding carboxylic acids is 4. The number of thiophene rings is 1. The van der Waals surface area contributed by atoms with Crippen LogP contribution in [-0.4, -0.2) is 38.5 Å². The molecule has 3 fully saturated rings. The average molecular weight is 773 g/mol. The molecule has 6 atom stereocenters. The van der Waals surface area contributed by atoms with Crippen molar-refractivity contribution in [2.45, 2.75) is 59.8 Å². The lowest BCUT2D eigenvalue weighted by Crippen LogP contribution is -2.49. The zero-order chi connectivity index (χ0) is 38.8. The third-order valence-corrected chi connectivity index (χ3v) is 14.5. The Morgan fingerprint density at radius 1 is 0.909 bits per heavy atom. The Labute approximate surface area is 328 Å². The minimum atomic E-state index is -1.22. The van der Waals surface area contributed by atoms with Crippen molar-refractivity contribution in [2.75, 3.05) is 9.80 Å². The minimum Gasteiger partial charge on any atom is -0.507 e. The highest BCUT2D eigenvalue weighted by molar-refractivity contribution is 7.22. The van der Waals surface area contributed by atoms with E-state index in [9.17, 15) is 19.5 Å². The summed E-state index contributed by atoms with van der Waals surface area (Å²) >= 11 is 7.91. The SMILES string of the molecule is CCc1ccc(N2C(=O)[C@H]3[C@H](CC=C4[C@H]3C[C@H]3C(=O)N(c5cc(-c6sc7ccc(Cl)cc7c6C)nn5C)C(=O)[C@@]3(C)[C@H]4c3cc(C)c(O)c(C)c3)C2=O)cc1. The molecule has 4 aliphatic rings. The smallest absolute Gasteiger partial charge is 0.242 e. The van der Waals surface area contributed by atoms with Crippen molar-refractivity contribution >= 4 is 68.2 Å². The number of benzene rings is 3. The molecule has 4 heterocycles. The van der Waals surface area contributed by atoms with Gasteiger partial charge in [0, 0.05) is 28.8 Å². The topological polar surface area (TPSA) is 113 Å². The monoisotopic (exact) mass is 772 g/mol. The van der Waals surface area contributed by atoms with E-state index in [4.69, 9.17) is 16.7 Å². The van der Waals surface area contributed by atoms with Crippen molar-refractivity contribution < 1.29 is 24.3 Å². The Morgan fingerprint density at radius 2 is 1.62 bits per heavy atom. The van der Waals surface area contributed by atoms with Gasteiger partial charge in [-0.1, -0.05) is 54.4 Å². The summed E-state index contributed by atoms with van der Waals surface area (Å²) in [6.07, 6.45) is 3.50. The van der Waals surface area contributed by atoms with Gasteiger partial charge in [-0.25, -0.2) is 4.90 Å². The Balaban J connectivity index is 1.15. The number of halogens is 1. The number of hydrogen-bond acceptors (Lipinski definition) is 7. The summed E-state index contributed by atoms with van der Waals surface area (Å²) in [5, 5.41) is 17.3. The van der Waals surface area contributed by atoms with Gasteiger partial charge in [0.1, 0.15) is 17.3 Å². The van der Waals surface area contributed by atoms with Crippen molar-refractivity contribution in [3.05, 3.63) is 105 Å². The maximum absolute atomic E-state index is 15.2. The lowest BCUT2D eigenvalue weighted by molar-refractivity contribution is -0.131. The van der Waals surface area contributed by atoms with Gasteiger partial charge in [-0.15, -0.1) is 11.3 Å². The molecule has 0 bridgehead atoms. The fraction of sp³-hybridized carbons (Fsp3) is 0.341. The number of phenolic OH excluding ortho intramolecular Hbond substituents is 1. The van der Waals surface area contributed by atoms with Crippen molar-refractivity contribution in [3.8, 4) is 16.3 Å². The number of anilines is 2. The standard InChI is InChI=1S/C44H41ClN4O5S/c1-7-24-8-11-27(12-9-24)48-40(51)29-14-13-28-31(36(29)42(48)53)19-32-41(52)49(43(54)44(32,5)37(28)25-16-21(2)38(50)22(3)17-25)35-20-33(46-47(35)6)39-23(4)30-18-26(45)10-15-34(30)55-39/h8-13,15-18,20,29,31-32,36-37,50H,7,14,19H2,1-6H3/t29-,31+,32-,36-,37-,44+/m0/s1. The number of allylic oxidation sites excluding steroid dienone is 2. The normalized spacial score (nSPS) is 26.2. The molecule has 4 amide bonds. The van der Waals surface area contributed by atoms with E-state index in [1.54, 1.807) is 23.1 Å². The Bertz CT molecular complexity index is 2530. The molecule has 3 aromatic carbocycles. The van der Waals surface area contributed by atoms with Crippen molar-refractivity contribution in [1.29, 1.82) is 0 Å². The fourth-order valence-electron chi connectivity index (χ4n) is 10.1. The van der Waals surface area contributed by atoms with Crippen LogP contribution in [0.4, 0.5) is 11.5 Å². The second-order valence-electron chi connectivity index (χ2n) is 15.9. The molecule has 280 valence electrons. The first-order valence-corrected chi connectivity index (χ1v) is 20.0. The molecular formula is C44H41ClN4O5S. The molecule has 0 unspecified atom stereocenters. The molecule has 2 aromatic heterocycles. The molecule has 11 heteroatoms. The van der Waals surface area contributed by atoms with Crippen molar-refractivity contribution in [2.24, 2.45) is 36.1 Å². The minimum absolute atomic E-state index is 0.175. The summed E-state index contributed by atoms with van der Waals surface area (Å²) in [4.78, 5) is 62.3. The van der Waals surface area contributed by atoms with Crippen LogP contribution in [0.1, 0.15) is 60.4 Å². The Hall–Kier alpha value is -5.06. The van der Waals surface area contributed by atoms with Gasteiger partial charge in [-0.05, 0) is 116 Å². The van der Waals surface area contributed by atoms with Gasteiger partial charge in [0.25, 0.3) is 0 Å². The highest BCUT2D eigenvalue weighted by Crippen LogP contribution is 2.64. The third kappa shape index (κ3) is 4.99. The molecule has 2 aliphatic heterocycles. The van der Waals surface area contributed by atoms with Gasteiger partial charge >= 0.3 is 0 Å². The quantitative estimate of drug-likeness (QED) is 0.142. The van der Waals surface area contributed by atoms with E-state index in [2.05, 4.69) is 13.0 Å². The van der Waals surface area contributed by atoms with E-state index in [0.29, 0.717) is 39.8 Å². The number of rotatable bonds is 5. The molecule has 5 aromatic rings. The zero-order valence-electron chi connectivity index (χ0n) is 31.5. The number of imide groups is 2. The van der Waals surface area contributed by atoms with Crippen LogP contribution in [-0.2, 0) is 32.6 Å². The number of phenols is 1. The molecule has 1 saturated carbocycles. The second kappa shape index (κ2) is 12.5. The van der Waals surface area contributed by atoms with E-state index in [-0.39, 0.29) is 35.8 Å². The van der Waals surface area contributed by atoms with Crippen LogP contribution in [0.15, 0.2) is 72.3 Å². The predicted molar refractivity (Wildman–Crippen MR) is 214 cm³/mol. The number of carbonyl (C=O) groups is 4. The van der Waals surface area contributed by atoms with E-state index in [1.807, 2.05) is 88.4 Å². The van der Waals surface area contributed by atoms with Gasteiger partial charge in [-0.2, -0.15) is 5.10 Å². The molecule has 2 saturated heterocycles. The number of aromatic nitrogens is 2. The summed E-state index contributed by atoms with van der Waals surface area (Å²) in [6.45, 7) is 9.61. The number of aryl methyl sites for hydroxylation is 5. The molecule has 2 aliphatic carbocycles. The first-order chi connectivity index (χ1) is 26.2. The maximum Gasteiger partial charge on any atom is 0.242 e. The van der Waals surface area contributed by atoms with Gasteiger partial charge < -0.3 is 5.11 Å². The van der Waals surface area contributed by atoms with E-state index in [0.717, 1.165) is 43.6 Å². The van der Waals surface area contributed by atoms with E-state index >= 15 is 4.79 Å². The van der Waals surface area contributed by atoms with Crippen LogP contribution in [0.3, 0.4) is 0 Å². The zero-order valence-corrected chi connectivity index (χ0v) is 33.1. The number of fused-ring (bicyclic) bond motifs is 5.